The van der Waals surface area contributed by atoms with Gasteiger partial charge in [-0.1, -0.05) is 19.8 Å². The minimum Gasteiger partial charge on any atom is -0.343 e. The molecule has 0 aromatic rings. The highest BCUT2D eigenvalue weighted by molar-refractivity contribution is 5.76. The SMILES string of the molecule is CCCC(=O)N1CCC2(CCCCC2N)CC1. The number of nitrogens with two attached hydrogens (primary N) is 1. The third kappa shape index (κ3) is 2.65. The van der Waals surface area contributed by atoms with Crippen LogP contribution in [0.25, 0.3) is 0 Å². The molecule has 2 aliphatic rings. The average molecular weight is 238 g/mol. The molecule has 2 rings (SSSR count). The van der Waals surface area contributed by atoms with Crippen molar-refractivity contribution in [2.75, 3.05) is 13.1 Å². The van der Waals surface area contributed by atoms with E-state index in [0.717, 1.165) is 32.4 Å². The van der Waals surface area contributed by atoms with Gasteiger partial charge in [-0.05, 0) is 37.5 Å². The molecular weight excluding hydrogens is 212 g/mol. The van der Waals surface area contributed by atoms with Crippen molar-refractivity contribution in [2.24, 2.45) is 11.1 Å². The lowest BCUT2D eigenvalue weighted by atomic mass is 9.65. The minimum absolute atomic E-state index is 0.340. The maximum absolute atomic E-state index is 11.8. The number of hydrogen-bond donors (Lipinski definition) is 1. The Kier molecular flexibility index (Phi) is 4.08. The molecule has 1 aliphatic carbocycles. The summed E-state index contributed by atoms with van der Waals surface area (Å²) in [5.41, 5.74) is 6.68. The van der Waals surface area contributed by atoms with Gasteiger partial charge in [0.15, 0.2) is 0 Å². The molecule has 1 heterocycles. The van der Waals surface area contributed by atoms with Crippen molar-refractivity contribution in [3.63, 3.8) is 0 Å². The third-order valence-corrected chi connectivity index (χ3v) is 4.80. The quantitative estimate of drug-likeness (QED) is 0.802. The number of rotatable bonds is 2. The summed E-state index contributed by atoms with van der Waals surface area (Å²) in [6.07, 6.45) is 9.01. The maximum Gasteiger partial charge on any atom is 0.222 e. The van der Waals surface area contributed by atoms with E-state index in [2.05, 4.69) is 11.8 Å². The van der Waals surface area contributed by atoms with E-state index in [-0.39, 0.29) is 0 Å². The summed E-state index contributed by atoms with van der Waals surface area (Å²) < 4.78 is 0. The van der Waals surface area contributed by atoms with Crippen LogP contribution in [0, 0.1) is 5.41 Å². The van der Waals surface area contributed by atoms with Gasteiger partial charge in [0.05, 0.1) is 0 Å². The molecule has 1 aliphatic heterocycles. The predicted octanol–water partition coefficient (Wildman–Crippen LogP) is 2.30. The van der Waals surface area contributed by atoms with E-state index < -0.39 is 0 Å². The fraction of sp³-hybridized carbons (Fsp3) is 0.929. The van der Waals surface area contributed by atoms with Crippen molar-refractivity contribution in [3.8, 4) is 0 Å². The monoisotopic (exact) mass is 238 g/mol. The second-order valence-electron chi connectivity index (χ2n) is 5.85. The van der Waals surface area contributed by atoms with Crippen LogP contribution in [0.2, 0.25) is 0 Å². The molecule has 3 nitrogen and oxygen atoms in total. The fourth-order valence-corrected chi connectivity index (χ4v) is 3.53. The van der Waals surface area contributed by atoms with Crippen LogP contribution in [0.5, 0.6) is 0 Å². The normalized spacial score (nSPS) is 28.4. The van der Waals surface area contributed by atoms with Crippen LogP contribution < -0.4 is 5.73 Å². The van der Waals surface area contributed by atoms with Gasteiger partial charge >= 0.3 is 0 Å². The molecule has 1 spiro atoms. The Morgan fingerprint density at radius 2 is 2.00 bits per heavy atom. The number of hydrogen-bond acceptors (Lipinski definition) is 2. The Labute approximate surface area is 105 Å². The van der Waals surface area contributed by atoms with Gasteiger partial charge in [0.1, 0.15) is 0 Å². The summed E-state index contributed by atoms with van der Waals surface area (Å²) >= 11 is 0. The van der Waals surface area contributed by atoms with Gasteiger partial charge in [-0.2, -0.15) is 0 Å². The number of piperidine rings is 1. The highest BCUT2D eigenvalue weighted by Gasteiger charge is 2.41. The van der Waals surface area contributed by atoms with Crippen LogP contribution >= 0.6 is 0 Å². The van der Waals surface area contributed by atoms with Crippen molar-refractivity contribution in [1.29, 1.82) is 0 Å². The van der Waals surface area contributed by atoms with E-state index in [4.69, 9.17) is 5.73 Å². The lowest BCUT2D eigenvalue weighted by Crippen LogP contribution is -2.52. The molecule has 0 radical (unpaired) electrons. The molecule has 0 bridgehead atoms. The molecule has 2 N–H and O–H groups in total. The molecule has 17 heavy (non-hydrogen) atoms. The van der Waals surface area contributed by atoms with E-state index in [0.29, 0.717) is 23.8 Å². The molecule has 98 valence electrons. The molecule has 0 aromatic carbocycles. The zero-order chi connectivity index (χ0) is 12.3. The molecular formula is C14H26N2O. The van der Waals surface area contributed by atoms with Crippen LogP contribution in [0.1, 0.15) is 58.3 Å². The van der Waals surface area contributed by atoms with E-state index in [1.54, 1.807) is 0 Å². The lowest BCUT2D eigenvalue weighted by Gasteiger charge is -2.48. The molecule has 3 heteroatoms. The van der Waals surface area contributed by atoms with Crippen LogP contribution in [-0.4, -0.2) is 29.9 Å². The summed E-state index contributed by atoms with van der Waals surface area (Å²) in [4.78, 5) is 13.9. The zero-order valence-corrected chi connectivity index (χ0v) is 11.1. The Morgan fingerprint density at radius 3 is 2.59 bits per heavy atom. The van der Waals surface area contributed by atoms with Gasteiger partial charge in [0, 0.05) is 25.6 Å². The smallest absolute Gasteiger partial charge is 0.222 e. The van der Waals surface area contributed by atoms with E-state index in [9.17, 15) is 4.79 Å². The first-order chi connectivity index (χ1) is 8.18. The number of carbonyl (C=O) groups excluding carboxylic acids is 1. The lowest BCUT2D eigenvalue weighted by molar-refractivity contribution is -0.134. The molecule has 1 atom stereocenters. The summed E-state index contributed by atoms with van der Waals surface area (Å²) in [5, 5.41) is 0. The molecule has 1 saturated heterocycles. The average Bonchev–Trinajstić information content (AvgIpc) is 2.34. The molecule has 2 fully saturated rings. The first-order valence-corrected chi connectivity index (χ1v) is 7.21. The fourth-order valence-electron chi connectivity index (χ4n) is 3.53. The van der Waals surface area contributed by atoms with Crippen molar-refractivity contribution >= 4 is 5.91 Å². The topological polar surface area (TPSA) is 46.3 Å². The summed E-state index contributed by atoms with van der Waals surface area (Å²) in [6.45, 7) is 3.94. The van der Waals surface area contributed by atoms with Gasteiger partial charge in [-0.3, -0.25) is 4.79 Å². The largest absolute Gasteiger partial charge is 0.343 e. The Bertz CT molecular complexity index is 269. The zero-order valence-electron chi connectivity index (χ0n) is 11.1. The van der Waals surface area contributed by atoms with Crippen LogP contribution in [0.15, 0.2) is 0 Å². The first kappa shape index (κ1) is 12.9. The standard InChI is InChI=1S/C14H26N2O/c1-2-5-13(17)16-10-8-14(9-11-16)7-4-3-6-12(14)15/h12H,2-11,15H2,1H3. The van der Waals surface area contributed by atoms with Gasteiger partial charge in [0.2, 0.25) is 5.91 Å². The highest BCUT2D eigenvalue weighted by atomic mass is 16.2. The third-order valence-electron chi connectivity index (χ3n) is 4.80. The van der Waals surface area contributed by atoms with Crippen molar-refractivity contribution in [3.05, 3.63) is 0 Å². The van der Waals surface area contributed by atoms with Gasteiger partial charge < -0.3 is 10.6 Å². The van der Waals surface area contributed by atoms with Gasteiger partial charge in [-0.15, -0.1) is 0 Å². The first-order valence-electron chi connectivity index (χ1n) is 7.21. The Hall–Kier alpha value is -0.570. The summed E-state index contributed by atoms with van der Waals surface area (Å²) in [5.74, 6) is 0.340. The van der Waals surface area contributed by atoms with E-state index in [1.807, 2.05) is 0 Å². The maximum atomic E-state index is 11.8. The van der Waals surface area contributed by atoms with Gasteiger partial charge in [-0.25, -0.2) is 0 Å². The second-order valence-corrected chi connectivity index (χ2v) is 5.85. The second kappa shape index (κ2) is 5.38. The number of likely N-dealkylation sites (tertiary alicyclic amines) is 1. The predicted molar refractivity (Wildman–Crippen MR) is 69.6 cm³/mol. The summed E-state index contributed by atoms with van der Waals surface area (Å²) in [6, 6.07) is 0.375. The highest BCUT2D eigenvalue weighted by Crippen LogP contribution is 2.43. The number of amides is 1. The van der Waals surface area contributed by atoms with E-state index >= 15 is 0 Å². The molecule has 1 saturated carbocycles. The van der Waals surface area contributed by atoms with Crippen LogP contribution in [0.3, 0.4) is 0 Å². The molecule has 1 amide bonds. The van der Waals surface area contributed by atoms with E-state index in [1.165, 1.54) is 25.7 Å². The Morgan fingerprint density at radius 1 is 1.29 bits per heavy atom. The number of carbonyl (C=O) groups is 1. The van der Waals surface area contributed by atoms with Crippen molar-refractivity contribution < 1.29 is 4.79 Å². The molecule has 1 unspecified atom stereocenters. The van der Waals surface area contributed by atoms with Crippen molar-refractivity contribution in [2.45, 2.75) is 64.3 Å². The summed E-state index contributed by atoms with van der Waals surface area (Å²) in [7, 11) is 0. The Balaban J connectivity index is 1.90. The van der Waals surface area contributed by atoms with Gasteiger partial charge in [0.25, 0.3) is 0 Å². The minimum atomic E-state index is 0.340. The van der Waals surface area contributed by atoms with Crippen molar-refractivity contribution in [1.82, 2.24) is 4.90 Å². The molecule has 0 aromatic heterocycles. The van der Waals surface area contributed by atoms with Crippen LogP contribution in [0.4, 0.5) is 0 Å². The number of nitrogens with zero attached hydrogens (tertiary/aromatic N) is 1. The van der Waals surface area contributed by atoms with Crippen LogP contribution in [-0.2, 0) is 4.79 Å².